The van der Waals surface area contributed by atoms with Gasteiger partial charge in [-0.25, -0.2) is 9.37 Å². The third-order valence-electron chi connectivity index (χ3n) is 5.58. The van der Waals surface area contributed by atoms with Crippen molar-refractivity contribution in [3.63, 3.8) is 0 Å². The number of nitrogens with one attached hydrogen (secondary N) is 1. The number of benzene rings is 3. The van der Waals surface area contributed by atoms with E-state index in [4.69, 9.17) is 27.6 Å². The molecule has 198 valence electrons. The molecule has 0 aliphatic heterocycles. The van der Waals surface area contributed by atoms with Gasteiger partial charge in [0.1, 0.15) is 12.1 Å². The Labute approximate surface area is 226 Å². The second-order valence-electron chi connectivity index (χ2n) is 8.51. The van der Waals surface area contributed by atoms with E-state index in [1.54, 1.807) is 41.3 Å². The molecule has 4 rings (SSSR count). The number of hydrogen-bond acceptors (Lipinski definition) is 4. The van der Waals surface area contributed by atoms with E-state index in [9.17, 15) is 22.4 Å². The number of alkyl halides is 3. The van der Waals surface area contributed by atoms with Gasteiger partial charge >= 0.3 is 6.18 Å². The topological polar surface area (TPSA) is 58.4 Å². The third-order valence-corrected chi connectivity index (χ3v) is 6.17. The Morgan fingerprint density at radius 1 is 0.947 bits per heavy atom. The van der Waals surface area contributed by atoms with Crippen LogP contribution in [0.4, 0.5) is 17.6 Å². The Morgan fingerprint density at radius 3 is 2.42 bits per heavy atom. The van der Waals surface area contributed by atoms with Crippen LogP contribution in [0.2, 0.25) is 10.0 Å². The van der Waals surface area contributed by atoms with E-state index < -0.39 is 17.6 Å². The number of oxazole rings is 1. The van der Waals surface area contributed by atoms with Gasteiger partial charge in [-0.2, -0.15) is 13.2 Å². The average molecular weight is 566 g/mol. The number of carbonyl (C=O) groups is 1. The van der Waals surface area contributed by atoms with Gasteiger partial charge < -0.3 is 9.73 Å². The van der Waals surface area contributed by atoms with Crippen LogP contribution in [0.3, 0.4) is 0 Å². The Balaban J connectivity index is 1.49. The summed E-state index contributed by atoms with van der Waals surface area (Å²) >= 11 is 12.3. The second-order valence-corrected chi connectivity index (χ2v) is 9.36. The Kier molecular flexibility index (Phi) is 8.71. The lowest BCUT2D eigenvalue weighted by Gasteiger charge is -2.22. The number of amides is 1. The first kappa shape index (κ1) is 27.6. The van der Waals surface area contributed by atoms with Gasteiger partial charge in [0.15, 0.2) is 5.69 Å². The molecule has 38 heavy (non-hydrogen) atoms. The number of rotatable bonds is 9. The van der Waals surface area contributed by atoms with Crippen LogP contribution in [-0.4, -0.2) is 15.8 Å². The van der Waals surface area contributed by atoms with Crippen LogP contribution in [0.25, 0.3) is 0 Å². The van der Waals surface area contributed by atoms with Gasteiger partial charge in [-0.15, -0.1) is 0 Å². The fourth-order valence-electron chi connectivity index (χ4n) is 3.72. The van der Waals surface area contributed by atoms with E-state index in [0.717, 1.165) is 12.1 Å². The highest BCUT2D eigenvalue weighted by Crippen LogP contribution is 2.30. The minimum atomic E-state index is -4.47. The first-order valence-corrected chi connectivity index (χ1v) is 12.1. The zero-order valence-electron chi connectivity index (χ0n) is 19.7. The van der Waals surface area contributed by atoms with E-state index >= 15 is 0 Å². The van der Waals surface area contributed by atoms with E-state index in [0.29, 0.717) is 26.7 Å². The lowest BCUT2D eigenvalue weighted by atomic mass is 10.1. The highest BCUT2D eigenvalue weighted by Gasteiger charge is 2.30. The van der Waals surface area contributed by atoms with Crippen molar-refractivity contribution in [2.45, 2.75) is 32.4 Å². The summed E-state index contributed by atoms with van der Waals surface area (Å²) in [7, 11) is 0. The highest BCUT2D eigenvalue weighted by molar-refractivity contribution is 6.35. The van der Waals surface area contributed by atoms with Gasteiger partial charge in [-0.1, -0.05) is 59.6 Å². The summed E-state index contributed by atoms with van der Waals surface area (Å²) in [6, 6.07) is 15.7. The van der Waals surface area contributed by atoms with E-state index in [2.05, 4.69) is 10.3 Å². The summed E-state index contributed by atoms with van der Waals surface area (Å²) in [6.07, 6.45) is -3.27. The number of carbonyl (C=O) groups excluding carboxylic acids is 1. The molecule has 4 aromatic rings. The number of hydrogen-bond donors (Lipinski definition) is 1. The zero-order chi connectivity index (χ0) is 27.3. The summed E-state index contributed by atoms with van der Waals surface area (Å²) in [5, 5.41) is 3.53. The van der Waals surface area contributed by atoms with Crippen molar-refractivity contribution in [2.75, 3.05) is 0 Å². The van der Waals surface area contributed by atoms with Crippen LogP contribution in [-0.2, 0) is 32.4 Å². The molecule has 0 unspecified atom stereocenters. The summed E-state index contributed by atoms with van der Waals surface area (Å²) in [5.41, 5.74) is 1.11. The van der Waals surface area contributed by atoms with Crippen molar-refractivity contribution in [1.82, 2.24) is 15.2 Å². The molecule has 0 saturated carbocycles. The van der Waals surface area contributed by atoms with Crippen molar-refractivity contribution in [3.05, 3.63) is 123 Å². The van der Waals surface area contributed by atoms with Gasteiger partial charge in [-0.3, -0.25) is 9.69 Å². The van der Waals surface area contributed by atoms with Gasteiger partial charge in [0.2, 0.25) is 5.89 Å². The number of nitrogens with zero attached hydrogens (tertiary/aromatic N) is 2. The molecule has 1 N–H and O–H groups in total. The molecule has 11 heteroatoms. The van der Waals surface area contributed by atoms with Crippen LogP contribution >= 0.6 is 23.2 Å². The molecule has 0 saturated heterocycles. The molecule has 0 radical (unpaired) electrons. The van der Waals surface area contributed by atoms with E-state index in [-0.39, 0.29) is 43.6 Å². The Bertz CT molecular complexity index is 1410. The number of aromatic nitrogens is 1. The lowest BCUT2D eigenvalue weighted by molar-refractivity contribution is -0.137. The molecular formula is C27H21Cl2F4N3O2. The van der Waals surface area contributed by atoms with Crippen LogP contribution in [0.15, 0.2) is 77.4 Å². The van der Waals surface area contributed by atoms with Crippen molar-refractivity contribution in [1.29, 1.82) is 0 Å². The zero-order valence-corrected chi connectivity index (χ0v) is 21.2. The Hall–Kier alpha value is -3.40. The molecule has 1 aromatic heterocycles. The molecule has 0 bridgehead atoms. The smallest absolute Gasteiger partial charge is 0.416 e. The molecule has 0 spiro atoms. The molecule has 3 aromatic carbocycles. The van der Waals surface area contributed by atoms with Gasteiger partial charge in [-0.05, 0) is 47.0 Å². The summed E-state index contributed by atoms with van der Waals surface area (Å²) in [6.45, 7) is 0.622. The van der Waals surface area contributed by atoms with Crippen molar-refractivity contribution in [3.8, 4) is 0 Å². The largest absolute Gasteiger partial charge is 0.447 e. The average Bonchev–Trinajstić information content (AvgIpc) is 3.33. The standard InChI is InChI=1S/C27H21Cl2F4N3O2/c28-21-7-6-19(23(29)11-21)14-36(13-18-2-1-3-20(10-18)27(31,32)33)15-25-35-24(16-38-25)26(37)34-12-17-4-8-22(30)9-5-17/h1-11,16H,12-15H2,(H,34,37). The van der Waals surface area contributed by atoms with E-state index in [1.807, 2.05) is 0 Å². The molecule has 1 amide bonds. The first-order chi connectivity index (χ1) is 18.1. The lowest BCUT2D eigenvalue weighted by Crippen LogP contribution is -2.24. The maximum atomic E-state index is 13.2. The van der Waals surface area contributed by atoms with Crippen molar-refractivity contribution < 1.29 is 26.8 Å². The third kappa shape index (κ3) is 7.56. The van der Waals surface area contributed by atoms with Crippen molar-refractivity contribution >= 4 is 29.1 Å². The minimum absolute atomic E-state index is 0.0330. The van der Waals surface area contributed by atoms with Crippen molar-refractivity contribution in [2.24, 2.45) is 0 Å². The fourth-order valence-corrected chi connectivity index (χ4v) is 4.19. The quantitative estimate of drug-likeness (QED) is 0.217. The summed E-state index contributed by atoms with van der Waals surface area (Å²) in [5.74, 6) is -0.681. The summed E-state index contributed by atoms with van der Waals surface area (Å²) in [4.78, 5) is 18.5. The molecule has 1 heterocycles. The SMILES string of the molecule is O=C(NCc1ccc(F)cc1)c1coc(CN(Cc2cccc(C(F)(F)F)c2)Cc2ccc(Cl)cc2Cl)n1. The van der Waals surface area contributed by atoms with Gasteiger partial charge in [0, 0.05) is 29.7 Å². The minimum Gasteiger partial charge on any atom is -0.447 e. The maximum Gasteiger partial charge on any atom is 0.416 e. The Morgan fingerprint density at radius 2 is 1.71 bits per heavy atom. The molecule has 0 aliphatic carbocycles. The monoisotopic (exact) mass is 565 g/mol. The first-order valence-electron chi connectivity index (χ1n) is 11.4. The van der Waals surface area contributed by atoms with E-state index in [1.165, 1.54) is 24.5 Å². The van der Waals surface area contributed by atoms with Crippen LogP contribution in [0, 0.1) is 5.82 Å². The molecule has 0 aliphatic rings. The van der Waals surface area contributed by atoms with Crippen LogP contribution in [0.5, 0.6) is 0 Å². The van der Waals surface area contributed by atoms with Gasteiger partial charge in [0.05, 0.1) is 12.1 Å². The molecule has 0 fully saturated rings. The molecule has 5 nitrogen and oxygen atoms in total. The van der Waals surface area contributed by atoms with Crippen LogP contribution < -0.4 is 5.32 Å². The fraction of sp³-hybridized carbons (Fsp3) is 0.185. The normalized spacial score (nSPS) is 11.7. The molecule has 0 atom stereocenters. The predicted molar refractivity (Wildman–Crippen MR) is 135 cm³/mol. The predicted octanol–water partition coefficient (Wildman–Crippen LogP) is 7.27. The maximum absolute atomic E-state index is 13.2. The van der Waals surface area contributed by atoms with Gasteiger partial charge in [0.25, 0.3) is 5.91 Å². The second kappa shape index (κ2) is 12.0. The number of halogens is 6. The highest BCUT2D eigenvalue weighted by atomic mass is 35.5. The summed E-state index contributed by atoms with van der Waals surface area (Å²) < 4.78 is 58.3. The molecular weight excluding hydrogens is 545 g/mol. The van der Waals surface area contributed by atoms with Crippen LogP contribution in [0.1, 0.15) is 38.6 Å².